The minimum absolute atomic E-state index is 0. The summed E-state index contributed by atoms with van der Waals surface area (Å²) in [6.07, 6.45) is 4.64. The van der Waals surface area contributed by atoms with Gasteiger partial charge in [-0.3, -0.25) is 0 Å². The van der Waals surface area contributed by atoms with E-state index in [1.165, 1.54) is 0 Å². The second-order valence-electron chi connectivity index (χ2n) is 3.94. The van der Waals surface area contributed by atoms with Crippen molar-refractivity contribution in [2.45, 2.75) is 51.0 Å². The van der Waals surface area contributed by atoms with Crippen LogP contribution in [0.4, 0.5) is 0 Å². The number of carbonyl (C=O) groups excluding carboxylic acids is 1. The third kappa shape index (κ3) is 3.58. The van der Waals surface area contributed by atoms with Crippen LogP contribution in [0.25, 0.3) is 0 Å². The first-order valence-electron chi connectivity index (χ1n) is 5.03. The zero-order valence-corrected chi connectivity index (χ0v) is 12.2. The molecule has 3 nitrogen and oxygen atoms in total. The number of carboxylic acid groups (broad SMARTS) is 1. The van der Waals surface area contributed by atoms with E-state index in [9.17, 15) is 15.0 Å². The molecule has 1 saturated carbocycles. The summed E-state index contributed by atoms with van der Waals surface area (Å²) in [6.45, 7) is 1.78. The molecule has 14 heavy (non-hydrogen) atoms. The van der Waals surface area contributed by atoms with Gasteiger partial charge in [-0.05, 0) is 19.3 Å². The second-order valence-corrected chi connectivity index (χ2v) is 3.94. The minimum atomic E-state index is -1.10. The van der Waals surface area contributed by atoms with E-state index in [1.54, 1.807) is 6.92 Å². The molecule has 0 spiro atoms. The molecular formula is C10H17KO3. The molecule has 0 radical (unpaired) electrons. The first kappa shape index (κ1) is 15.1. The van der Waals surface area contributed by atoms with Gasteiger partial charge in [-0.2, -0.15) is 0 Å². The van der Waals surface area contributed by atoms with Crippen LogP contribution in [0.3, 0.4) is 0 Å². The van der Waals surface area contributed by atoms with Gasteiger partial charge in [0.2, 0.25) is 0 Å². The van der Waals surface area contributed by atoms with Gasteiger partial charge in [-0.1, -0.05) is 26.2 Å². The SMILES string of the molecule is CCC(C(=O)[O-])C1(O)CCCCC1.[K+]. The molecule has 1 unspecified atom stereocenters. The molecule has 0 aliphatic heterocycles. The van der Waals surface area contributed by atoms with E-state index in [0.29, 0.717) is 19.3 Å². The van der Waals surface area contributed by atoms with E-state index in [0.717, 1.165) is 19.3 Å². The van der Waals surface area contributed by atoms with Gasteiger partial charge in [0.15, 0.2) is 0 Å². The van der Waals surface area contributed by atoms with E-state index in [4.69, 9.17) is 0 Å². The average Bonchev–Trinajstić information content (AvgIpc) is 2.05. The molecule has 0 saturated heterocycles. The third-order valence-corrected chi connectivity index (χ3v) is 3.06. The van der Waals surface area contributed by atoms with Crippen molar-refractivity contribution >= 4 is 5.97 Å². The molecule has 1 fully saturated rings. The zero-order chi connectivity index (χ0) is 9.90. The van der Waals surface area contributed by atoms with E-state index in [1.807, 2.05) is 0 Å². The predicted molar refractivity (Wildman–Crippen MR) is 46.8 cm³/mol. The summed E-state index contributed by atoms with van der Waals surface area (Å²) in [5, 5.41) is 20.8. The van der Waals surface area contributed by atoms with Crippen LogP contribution in [0.1, 0.15) is 45.4 Å². The molecule has 1 aliphatic carbocycles. The fourth-order valence-electron chi connectivity index (χ4n) is 2.28. The molecule has 0 heterocycles. The van der Waals surface area contributed by atoms with Gasteiger partial charge in [-0.25, -0.2) is 0 Å². The van der Waals surface area contributed by atoms with Gasteiger partial charge in [-0.15, -0.1) is 0 Å². The summed E-state index contributed by atoms with van der Waals surface area (Å²) in [6, 6.07) is 0. The molecule has 0 bridgehead atoms. The normalized spacial score (nSPS) is 22.1. The van der Waals surface area contributed by atoms with Crippen LogP contribution in [0.2, 0.25) is 0 Å². The predicted octanol–water partition coefficient (Wildman–Crippen LogP) is -2.54. The van der Waals surface area contributed by atoms with Crippen molar-refractivity contribution in [2.24, 2.45) is 5.92 Å². The first-order chi connectivity index (χ1) is 6.10. The number of carboxylic acids is 1. The first-order valence-corrected chi connectivity index (χ1v) is 5.03. The van der Waals surface area contributed by atoms with Crippen LogP contribution in [0.5, 0.6) is 0 Å². The summed E-state index contributed by atoms with van der Waals surface area (Å²) in [5.74, 6) is -1.79. The Kier molecular flexibility index (Phi) is 7.11. The number of carbonyl (C=O) groups is 1. The molecule has 1 aliphatic rings. The Labute approximate surface area is 128 Å². The smallest absolute Gasteiger partial charge is 0.550 e. The number of hydrogen-bond donors (Lipinski definition) is 1. The van der Waals surface area contributed by atoms with E-state index in [-0.39, 0.29) is 51.4 Å². The molecule has 1 rings (SSSR count). The summed E-state index contributed by atoms with van der Waals surface area (Å²) in [5.41, 5.74) is -0.994. The maximum Gasteiger partial charge on any atom is 1.00 e. The summed E-state index contributed by atoms with van der Waals surface area (Å²) >= 11 is 0. The minimum Gasteiger partial charge on any atom is -0.550 e. The molecule has 0 aromatic carbocycles. The van der Waals surface area contributed by atoms with Gasteiger partial charge in [0.05, 0.1) is 5.60 Å². The van der Waals surface area contributed by atoms with Crippen LogP contribution in [-0.2, 0) is 4.79 Å². The standard InChI is InChI=1S/C10H18O3.K/c1-2-8(9(11)12)10(13)6-4-3-5-7-10;/h8,13H,2-7H2,1H3,(H,11,12);/q;+1/p-1. The van der Waals surface area contributed by atoms with Crippen molar-refractivity contribution in [3.63, 3.8) is 0 Å². The van der Waals surface area contributed by atoms with Crippen LogP contribution in [-0.4, -0.2) is 16.7 Å². The Hall–Kier alpha value is 1.07. The molecule has 4 heteroatoms. The molecular weight excluding hydrogens is 207 g/mol. The Balaban J connectivity index is 0.00000169. The Morgan fingerprint density at radius 2 is 1.93 bits per heavy atom. The summed E-state index contributed by atoms with van der Waals surface area (Å²) in [4.78, 5) is 10.8. The van der Waals surface area contributed by atoms with Crippen LogP contribution in [0.15, 0.2) is 0 Å². The number of aliphatic hydroxyl groups is 1. The van der Waals surface area contributed by atoms with Crippen molar-refractivity contribution in [2.75, 3.05) is 0 Å². The summed E-state index contributed by atoms with van der Waals surface area (Å²) < 4.78 is 0. The van der Waals surface area contributed by atoms with Gasteiger partial charge in [0.25, 0.3) is 0 Å². The maximum absolute atomic E-state index is 10.8. The maximum atomic E-state index is 10.8. The molecule has 0 aromatic heterocycles. The zero-order valence-electron chi connectivity index (χ0n) is 9.08. The van der Waals surface area contributed by atoms with Crippen molar-refractivity contribution < 1.29 is 66.4 Å². The van der Waals surface area contributed by atoms with Crippen molar-refractivity contribution in [3.8, 4) is 0 Å². The van der Waals surface area contributed by atoms with Gasteiger partial charge < -0.3 is 15.0 Å². The van der Waals surface area contributed by atoms with Crippen LogP contribution < -0.4 is 56.5 Å². The fraction of sp³-hybridized carbons (Fsp3) is 0.900. The number of rotatable bonds is 3. The average molecular weight is 224 g/mol. The van der Waals surface area contributed by atoms with Crippen LogP contribution >= 0.6 is 0 Å². The van der Waals surface area contributed by atoms with E-state index < -0.39 is 17.5 Å². The van der Waals surface area contributed by atoms with Crippen molar-refractivity contribution in [3.05, 3.63) is 0 Å². The topological polar surface area (TPSA) is 60.4 Å². The Morgan fingerprint density at radius 1 is 1.43 bits per heavy atom. The molecule has 1 atom stereocenters. The number of aliphatic carboxylic acids is 1. The van der Waals surface area contributed by atoms with Crippen molar-refractivity contribution in [1.29, 1.82) is 0 Å². The van der Waals surface area contributed by atoms with E-state index >= 15 is 0 Å². The summed E-state index contributed by atoms with van der Waals surface area (Å²) in [7, 11) is 0. The van der Waals surface area contributed by atoms with Crippen molar-refractivity contribution in [1.82, 2.24) is 0 Å². The van der Waals surface area contributed by atoms with E-state index in [2.05, 4.69) is 0 Å². The monoisotopic (exact) mass is 224 g/mol. The largest absolute Gasteiger partial charge is 1.00 e. The van der Waals surface area contributed by atoms with Crippen LogP contribution in [0, 0.1) is 5.92 Å². The molecule has 0 amide bonds. The number of hydrogen-bond acceptors (Lipinski definition) is 3. The van der Waals surface area contributed by atoms with Gasteiger partial charge in [0.1, 0.15) is 0 Å². The fourth-order valence-corrected chi connectivity index (χ4v) is 2.28. The quantitative estimate of drug-likeness (QED) is 0.538. The Bertz CT molecular complexity index is 188. The third-order valence-electron chi connectivity index (χ3n) is 3.06. The second kappa shape index (κ2) is 6.61. The molecule has 0 aromatic rings. The molecule has 1 N–H and O–H groups in total. The Morgan fingerprint density at radius 3 is 2.29 bits per heavy atom. The van der Waals surface area contributed by atoms with Gasteiger partial charge >= 0.3 is 51.4 Å². The molecule has 76 valence electrons. The van der Waals surface area contributed by atoms with Gasteiger partial charge in [0, 0.05) is 11.9 Å².